The third-order valence-corrected chi connectivity index (χ3v) is 4.79. The van der Waals surface area contributed by atoms with Gasteiger partial charge in [0.1, 0.15) is 0 Å². The molecule has 37 heavy (non-hydrogen) atoms. The molecule has 0 spiro atoms. The van der Waals surface area contributed by atoms with E-state index in [9.17, 15) is 0 Å². The second-order valence-electron chi connectivity index (χ2n) is 7.05. The Morgan fingerprint density at radius 3 is 0.676 bits per heavy atom. The van der Waals surface area contributed by atoms with Crippen molar-refractivity contribution in [3.63, 3.8) is 0 Å². The summed E-state index contributed by atoms with van der Waals surface area (Å²) in [5.74, 6) is 2.72. The van der Waals surface area contributed by atoms with Crippen molar-refractivity contribution in [2.45, 2.75) is 0 Å². The highest BCUT2D eigenvalue weighted by Gasteiger charge is 2.32. The van der Waals surface area contributed by atoms with Gasteiger partial charge in [0.25, 0.3) is 0 Å². The highest BCUT2D eigenvalue weighted by atomic mass is 32.1. The Balaban J connectivity index is -0.000000853. The summed E-state index contributed by atoms with van der Waals surface area (Å²) < 4.78 is 45.4. The van der Waals surface area contributed by atoms with Crippen molar-refractivity contribution in [3.05, 3.63) is 0 Å². The molecular weight excluding hydrogens is 565 g/mol. The molecule has 0 saturated carbocycles. The fourth-order valence-electron chi connectivity index (χ4n) is 2.54. The molecule has 0 amide bonds. The van der Waals surface area contributed by atoms with Crippen LogP contribution in [0.1, 0.15) is 0 Å². The lowest BCUT2D eigenvalue weighted by Gasteiger charge is -2.33. The Labute approximate surface area is 246 Å². The van der Waals surface area contributed by atoms with Gasteiger partial charge in [-0.3, -0.25) is 0 Å². The van der Waals surface area contributed by atoms with Crippen molar-refractivity contribution in [3.8, 4) is 0 Å². The minimum Gasteiger partial charge on any atom is -0.378 e. The van der Waals surface area contributed by atoms with Crippen molar-refractivity contribution >= 4 is 50.5 Å². The molecule has 0 fully saturated rings. The molecule has 0 aliphatic rings. The Morgan fingerprint density at radius 1 is 0.297 bits per heavy atom. The lowest BCUT2D eigenvalue weighted by molar-refractivity contribution is -0.120. The van der Waals surface area contributed by atoms with Gasteiger partial charge in [0.05, 0.1) is 111 Å². The van der Waals surface area contributed by atoms with E-state index in [1.165, 1.54) is 0 Å². The van der Waals surface area contributed by atoms with Crippen LogP contribution in [0.4, 0.5) is 0 Å². The van der Waals surface area contributed by atoms with E-state index in [1.54, 1.807) is 0 Å². The lowest BCUT2D eigenvalue weighted by atomic mass is 9.92. The van der Waals surface area contributed by atoms with Gasteiger partial charge in [0.2, 0.25) is 0 Å². The van der Waals surface area contributed by atoms with Crippen LogP contribution in [0.25, 0.3) is 0 Å². The molecule has 0 rings (SSSR count). The summed E-state index contributed by atoms with van der Waals surface area (Å²) in [6.07, 6.45) is 0. The van der Waals surface area contributed by atoms with Crippen LogP contribution in [-0.2, 0) is 37.9 Å². The Morgan fingerprint density at radius 2 is 0.486 bits per heavy atom. The molecule has 0 aliphatic carbocycles. The van der Waals surface area contributed by atoms with E-state index in [0.717, 1.165) is 0 Å². The Kier molecular flexibility index (Phi) is 50.4. The first-order valence-corrected chi connectivity index (χ1v) is 13.8. The van der Waals surface area contributed by atoms with E-state index in [4.69, 9.17) is 37.9 Å². The summed E-state index contributed by atoms with van der Waals surface area (Å²) in [7, 11) is 0. The number of ether oxygens (including phenoxy) is 8. The van der Waals surface area contributed by atoms with Gasteiger partial charge >= 0.3 is 0 Å². The smallest absolute Gasteiger partial charge is 0.0700 e. The van der Waals surface area contributed by atoms with Gasteiger partial charge in [-0.15, -0.1) is 0 Å². The maximum atomic E-state index is 5.92. The quantitative estimate of drug-likeness (QED) is 0.0468. The fourth-order valence-corrected chi connectivity index (χ4v) is 3.06. The van der Waals surface area contributed by atoms with Crippen molar-refractivity contribution in [1.82, 2.24) is 24.6 Å². The maximum Gasteiger partial charge on any atom is 0.0700 e. The molecule has 232 valence electrons. The van der Waals surface area contributed by atoms with Crippen LogP contribution in [0.15, 0.2) is 0 Å². The van der Waals surface area contributed by atoms with E-state index in [1.807, 2.05) is 0 Å². The topological polar surface area (TPSA) is 214 Å². The molecule has 12 nitrogen and oxygen atoms in total. The molecule has 0 radical (unpaired) electrons. The molecule has 0 heterocycles. The molecule has 0 aromatic carbocycles. The second kappa shape index (κ2) is 39.1. The zero-order valence-corrected chi connectivity index (χ0v) is 26.1. The summed E-state index contributed by atoms with van der Waals surface area (Å²) in [6, 6.07) is 0. The van der Waals surface area contributed by atoms with Crippen LogP contribution in [-0.4, -0.2) is 129 Å². The van der Waals surface area contributed by atoms with Crippen LogP contribution in [0.3, 0.4) is 0 Å². The highest BCUT2D eigenvalue weighted by molar-refractivity contribution is 7.80. The third kappa shape index (κ3) is 33.0. The zero-order chi connectivity index (χ0) is 24.3. The SMILES string of the molecule is N.N.N.N.SCCOCCOCC(COCCOCCS)(COCCOCCS)COCCOCCS. The standard InChI is InChI=1S/C21H44O8S4.4H3N/c30-13-9-22-1-5-26-17-21(18-27-6-2-23-10-14-31,19-28-7-3-24-11-15-32)20-29-8-4-25-12-16-33;;;;/h30-33H,1-20H2;4*1H3. The first-order valence-electron chi connectivity index (χ1n) is 11.3. The molecular formula is C21H56N4O8S4. The molecule has 0 atom stereocenters. The molecule has 0 unspecified atom stereocenters. The van der Waals surface area contributed by atoms with Crippen molar-refractivity contribution in [2.24, 2.45) is 5.41 Å². The molecule has 0 bridgehead atoms. The highest BCUT2D eigenvalue weighted by Crippen LogP contribution is 2.21. The van der Waals surface area contributed by atoms with Crippen molar-refractivity contribution in [2.75, 3.05) is 129 Å². The molecule has 12 N–H and O–H groups in total. The number of hydrogen-bond acceptors (Lipinski definition) is 16. The van der Waals surface area contributed by atoms with Crippen LogP contribution in [0.5, 0.6) is 0 Å². The molecule has 16 heteroatoms. The maximum absolute atomic E-state index is 5.92. The zero-order valence-electron chi connectivity index (χ0n) is 22.5. The predicted octanol–water partition coefficient (Wildman–Crippen LogP) is 2.47. The van der Waals surface area contributed by atoms with Crippen LogP contribution < -0.4 is 24.6 Å². The molecule has 0 aromatic rings. The Hall–Kier alpha value is 0.920. The van der Waals surface area contributed by atoms with Crippen molar-refractivity contribution in [1.29, 1.82) is 0 Å². The van der Waals surface area contributed by atoms with Gasteiger partial charge in [-0.25, -0.2) is 0 Å². The summed E-state index contributed by atoms with van der Waals surface area (Å²) >= 11 is 16.6. The van der Waals surface area contributed by atoms with Gasteiger partial charge in [0.15, 0.2) is 0 Å². The van der Waals surface area contributed by atoms with Crippen LogP contribution in [0, 0.1) is 5.41 Å². The molecule has 0 aromatic heterocycles. The number of thiol groups is 4. The largest absolute Gasteiger partial charge is 0.378 e. The summed E-state index contributed by atoms with van der Waals surface area (Å²) in [5, 5.41) is 0. The minimum atomic E-state index is -0.486. The minimum absolute atomic E-state index is 0. The summed E-state index contributed by atoms with van der Waals surface area (Å²) in [6.45, 7) is 7.91. The van der Waals surface area contributed by atoms with Crippen LogP contribution >= 0.6 is 50.5 Å². The number of hydrogen-bond donors (Lipinski definition) is 8. The van der Waals surface area contributed by atoms with E-state index in [0.29, 0.717) is 129 Å². The monoisotopic (exact) mass is 620 g/mol. The van der Waals surface area contributed by atoms with Gasteiger partial charge in [-0.05, 0) is 0 Å². The molecule has 0 aliphatic heterocycles. The third-order valence-electron chi connectivity index (χ3n) is 4.06. The second-order valence-corrected chi connectivity index (χ2v) is 8.84. The van der Waals surface area contributed by atoms with E-state index >= 15 is 0 Å². The fraction of sp³-hybridized carbons (Fsp3) is 1.00. The predicted molar refractivity (Wildman–Crippen MR) is 164 cm³/mol. The normalized spacial score (nSPS) is 10.7. The van der Waals surface area contributed by atoms with Gasteiger partial charge in [-0.2, -0.15) is 50.5 Å². The van der Waals surface area contributed by atoms with E-state index in [-0.39, 0.29) is 24.6 Å². The first-order chi connectivity index (χ1) is 16.2. The van der Waals surface area contributed by atoms with Crippen molar-refractivity contribution < 1.29 is 37.9 Å². The summed E-state index contributed by atoms with van der Waals surface area (Å²) in [5.41, 5.74) is -0.486. The van der Waals surface area contributed by atoms with Gasteiger partial charge in [-0.1, -0.05) is 0 Å². The number of rotatable bonds is 28. The lowest BCUT2D eigenvalue weighted by Crippen LogP contribution is -2.43. The average Bonchev–Trinajstić information content (AvgIpc) is 2.83. The average molecular weight is 621 g/mol. The summed E-state index contributed by atoms with van der Waals surface area (Å²) in [4.78, 5) is 0. The van der Waals surface area contributed by atoms with Gasteiger partial charge in [0, 0.05) is 23.0 Å². The van der Waals surface area contributed by atoms with E-state index < -0.39 is 5.41 Å². The van der Waals surface area contributed by atoms with Crippen LogP contribution in [0.2, 0.25) is 0 Å². The van der Waals surface area contributed by atoms with E-state index in [2.05, 4.69) is 50.5 Å². The van der Waals surface area contributed by atoms with Gasteiger partial charge < -0.3 is 62.5 Å². The Bertz CT molecular complexity index is 335. The first kappa shape index (κ1) is 47.7. The molecule has 0 saturated heterocycles.